The number of nitrogens with zero attached hydrogens (tertiary/aromatic N) is 3. The predicted molar refractivity (Wildman–Crippen MR) is 111 cm³/mol. The normalized spacial score (nSPS) is 11.7. The molecule has 34 heavy (non-hydrogen) atoms. The second-order valence-corrected chi connectivity index (χ2v) is 7.46. The predicted octanol–water partition coefficient (Wildman–Crippen LogP) is 4.66. The van der Waals surface area contributed by atoms with E-state index in [0.29, 0.717) is 18.2 Å². The maximum atomic E-state index is 14.3. The van der Waals surface area contributed by atoms with E-state index >= 15 is 0 Å². The number of rotatable bonds is 4. The van der Waals surface area contributed by atoms with Crippen LogP contribution in [0.15, 0.2) is 45.7 Å². The molecule has 2 heterocycles. The number of carbonyl (C=O) groups excluding carboxylic acids is 1. The third kappa shape index (κ3) is 4.26. The Hall–Kier alpha value is -4.09. The summed E-state index contributed by atoms with van der Waals surface area (Å²) in [6.07, 6.45) is -4.71. The number of hydrogen-bond acceptors (Lipinski definition) is 5. The van der Waals surface area contributed by atoms with Crippen LogP contribution >= 0.6 is 0 Å². The summed E-state index contributed by atoms with van der Waals surface area (Å²) in [4.78, 5) is 24.4. The Morgan fingerprint density at radius 3 is 2.50 bits per heavy atom. The Kier molecular flexibility index (Phi) is 5.67. The highest BCUT2D eigenvalue weighted by Crippen LogP contribution is 2.32. The number of carbonyl (C=O) groups is 1. The van der Waals surface area contributed by atoms with E-state index in [2.05, 4.69) is 15.6 Å². The highest BCUT2D eigenvalue weighted by Gasteiger charge is 2.31. The van der Waals surface area contributed by atoms with Crippen molar-refractivity contribution in [2.24, 2.45) is 0 Å². The van der Waals surface area contributed by atoms with Crippen LogP contribution in [0.25, 0.3) is 22.2 Å². The number of fused-ring (bicyclic) bond motifs is 1. The van der Waals surface area contributed by atoms with Crippen molar-refractivity contribution in [2.45, 2.75) is 26.6 Å². The van der Waals surface area contributed by atoms with Crippen molar-refractivity contribution >= 4 is 22.6 Å². The number of hydrogen-bond donors (Lipinski definition) is 1. The summed E-state index contributed by atoms with van der Waals surface area (Å²) in [6.45, 7) is 2.04. The van der Waals surface area contributed by atoms with Gasteiger partial charge in [-0.15, -0.1) is 0 Å². The molecule has 4 aromatic rings. The quantitative estimate of drug-likeness (QED) is 0.431. The lowest BCUT2D eigenvalue weighted by Gasteiger charge is -2.12. The first-order valence-corrected chi connectivity index (χ1v) is 9.76. The van der Waals surface area contributed by atoms with Gasteiger partial charge in [-0.25, -0.2) is 13.5 Å². The number of anilines is 1. The molecule has 0 unspecified atom stereocenters. The highest BCUT2D eigenvalue weighted by atomic mass is 19.4. The number of halogens is 5. The van der Waals surface area contributed by atoms with Crippen molar-refractivity contribution in [1.82, 2.24) is 14.9 Å². The molecular weight excluding hydrogens is 463 g/mol. The molecule has 0 fully saturated rings. The smallest absolute Gasteiger partial charge is 0.353 e. The lowest BCUT2D eigenvalue weighted by Crippen LogP contribution is -2.25. The first-order valence-electron chi connectivity index (χ1n) is 9.76. The molecule has 0 saturated carbocycles. The molecule has 0 aliphatic carbocycles. The van der Waals surface area contributed by atoms with E-state index in [0.717, 1.165) is 10.7 Å². The zero-order valence-corrected chi connectivity index (χ0v) is 17.6. The molecule has 0 aliphatic heterocycles. The molecule has 0 radical (unpaired) electrons. The number of benzene rings is 2. The van der Waals surface area contributed by atoms with E-state index in [1.54, 1.807) is 0 Å². The van der Waals surface area contributed by atoms with E-state index in [1.807, 2.05) is 0 Å². The summed E-state index contributed by atoms with van der Waals surface area (Å²) in [5, 5.41) is 10.2. The van der Waals surface area contributed by atoms with Gasteiger partial charge in [0.15, 0.2) is 0 Å². The summed E-state index contributed by atoms with van der Waals surface area (Å²) < 4.78 is 73.7. The average Bonchev–Trinajstić information content (AvgIpc) is 3.14. The highest BCUT2D eigenvalue weighted by molar-refractivity contribution is 5.93. The topological polar surface area (TPSA) is 90.0 Å². The van der Waals surface area contributed by atoms with Gasteiger partial charge in [-0.1, -0.05) is 5.16 Å². The Morgan fingerprint density at radius 2 is 1.82 bits per heavy atom. The molecule has 0 saturated heterocycles. The molecule has 176 valence electrons. The minimum Gasteiger partial charge on any atom is -0.353 e. The van der Waals surface area contributed by atoms with Gasteiger partial charge in [-0.2, -0.15) is 18.3 Å². The molecule has 0 aliphatic rings. The Morgan fingerprint density at radius 1 is 1.12 bits per heavy atom. The largest absolute Gasteiger partial charge is 0.416 e. The molecule has 2 aromatic heterocycles. The zero-order chi connectivity index (χ0) is 24.8. The van der Waals surface area contributed by atoms with Gasteiger partial charge in [-0.05, 0) is 43.3 Å². The van der Waals surface area contributed by atoms with Crippen LogP contribution < -0.4 is 10.9 Å². The van der Waals surface area contributed by atoms with Crippen LogP contribution in [0.1, 0.15) is 23.7 Å². The van der Waals surface area contributed by atoms with E-state index < -0.39 is 46.9 Å². The van der Waals surface area contributed by atoms with Gasteiger partial charge in [0.1, 0.15) is 22.7 Å². The van der Waals surface area contributed by atoms with Gasteiger partial charge < -0.3 is 9.84 Å². The molecular formula is C22H15F5N4O3. The Bertz CT molecular complexity index is 1490. The maximum absolute atomic E-state index is 14.3. The minimum absolute atomic E-state index is 0.00538. The van der Waals surface area contributed by atoms with Crippen molar-refractivity contribution in [3.8, 4) is 11.3 Å². The van der Waals surface area contributed by atoms with E-state index in [1.165, 1.54) is 26.0 Å². The van der Waals surface area contributed by atoms with Crippen LogP contribution in [-0.4, -0.2) is 20.8 Å². The molecule has 0 spiro atoms. The summed E-state index contributed by atoms with van der Waals surface area (Å²) in [7, 11) is 0. The number of nitrogens with one attached hydrogen (secondary N) is 1. The van der Waals surface area contributed by atoms with Crippen LogP contribution in [0.3, 0.4) is 0 Å². The van der Waals surface area contributed by atoms with E-state index in [9.17, 15) is 31.5 Å². The summed E-state index contributed by atoms with van der Waals surface area (Å²) in [5.74, 6) is -2.22. The van der Waals surface area contributed by atoms with Gasteiger partial charge in [-0.3, -0.25) is 9.59 Å². The monoisotopic (exact) mass is 478 g/mol. The standard InChI is InChI=1S/C22H15F5N4O3/c1-10-18-20(34-30-10)19(12-3-5-16(24)17(8-12)28-11(2)32)29-31(21(18)33)9-13-7-14(22(25,26)27)4-6-15(13)23/h3-8H,9H2,1-2H3,(H,28,32). The number of amides is 1. The van der Waals surface area contributed by atoms with E-state index in [-0.39, 0.29) is 33.6 Å². The first-order chi connectivity index (χ1) is 16.0. The molecule has 7 nitrogen and oxygen atoms in total. The second-order valence-electron chi connectivity index (χ2n) is 7.46. The average molecular weight is 478 g/mol. The summed E-state index contributed by atoms with van der Waals surface area (Å²) in [5.41, 5.74) is -2.11. The molecule has 0 bridgehead atoms. The lowest BCUT2D eigenvalue weighted by atomic mass is 10.1. The van der Waals surface area contributed by atoms with Crippen LogP contribution in [0.5, 0.6) is 0 Å². The molecule has 2 aromatic carbocycles. The number of aryl methyl sites for hydroxylation is 1. The first kappa shape index (κ1) is 23.1. The van der Waals surface area contributed by atoms with Crippen molar-refractivity contribution in [2.75, 3.05) is 5.32 Å². The van der Waals surface area contributed by atoms with Crippen molar-refractivity contribution in [3.63, 3.8) is 0 Å². The van der Waals surface area contributed by atoms with Gasteiger partial charge in [0.2, 0.25) is 11.5 Å². The molecule has 12 heteroatoms. The molecule has 1 amide bonds. The van der Waals surface area contributed by atoms with E-state index in [4.69, 9.17) is 4.52 Å². The SMILES string of the molecule is CC(=O)Nc1cc(-c2nn(Cc3cc(C(F)(F)F)ccc3F)c(=O)c3c(C)noc23)ccc1F. The zero-order valence-electron chi connectivity index (χ0n) is 17.6. The molecule has 4 rings (SSSR count). The fourth-order valence-corrected chi connectivity index (χ4v) is 3.41. The Labute approximate surface area is 187 Å². The van der Waals surface area contributed by atoms with Gasteiger partial charge in [0.25, 0.3) is 5.56 Å². The van der Waals surface area contributed by atoms with Crippen LogP contribution in [0, 0.1) is 18.6 Å². The second kappa shape index (κ2) is 8.36. The third-order valence-electron chi connectivity index (χ3n) is 4.99. The van der Waals surface area contributed by atoms with Crippen molar-refractivity contribution in [1.29, 1.82) is 0 Å². The van der Waals surface area contributed by atoms with Crippen LogP contribution in [0.4, 0.5) is 27.6 Å². The molecule has 0 atom stereocenters. The number of aromatic nitrogens is 3. The van der Waals surface area contributed by atoms with Gasteiger partial charge in [0, 0.05) is 18.1 Å². The van der Waals surface area contributed by atoms with Gasteiger partial charge in [0.05, 0.1) is 23.5 Å². The Balaban J connectivity index is 1.90. The van der Waals surface area contributed by atoms with Gasteiger partial charge >= 0.3 is 6.18 Å². The van der Waals surface area contributed by atoms with Crippen molar-refractivity contribution in [3.05, 3.63) is 75.2 Å². The fraction of sp³-hybridized carbons (Fsp3) is 0.182. The maximum Gasteiger partial charge on any atom is 0.416 e. The summed E-state index contributed by atoms with van der Waals surface area (Å²) in [6, 6.07) is 5.46. The van der Waals surface area contributed by atoms with Crippen molar-refractivity contribution < 1.29 is 31.3 Å². The molecule has 1 N–H and O–H groups in total. The number of alkyl halides is 3. The van der Waals surface area contributed by atoms with Crippen LogP contribution in [0.2, 0.25) is 0 Å². The van der Waals surface area contributed by atoms with Crippen LogP contribution in [-0.2, 0) is 17.5 Å². The third-order valence-corrected chi connectivity index (χ3v) is 4.99. The minimum atomic E-state index is -4.71. The fourth-order valence-electron chi connectivity index (χ4n) is 3.41. The summed E-state index contributed by atoms with van der Waals surface area (Å²) >= 11 is 0. The lowest BCUT2D eigenvalue weighted by molar-refractivity contribution is -0.137.